The SMILES string of the molecule is CCN(CC)CC[N+](CC)(CC)CCCC(=O)O[C@H]1C[C@H](n2cc(C)c(=O)[nH]c2=O)O[C@@H]1CO.Cl.[Cl-]. The molecule has 1 aromatic rings. The van der Waals surface area contributed by atoms with Crippen molar-refractivity contribution in [3.63, 3.8) is 0 Å². The molecule has 1 fully saturated rings. The van der Waals surface area contributed by atoms with E-state index in [0.717, 1.165) is 56.7 Å². The van der Waals surface area contributed by atoms with E-state index < -0.39 is 29.7 Å². The molecule has 0 radical (unpaired) electrons. The number of nitrogens with one attached hydrogen (secondary N) is 1. The Bertz CT molecular complexity index is 901. The second kappa shape index (κ2) is 16.4. The van der Waals surface area contributed by atoms with Gasteiger partial charge in [0, 0.05) is 31.1 Å². The largest absolute Gasteiger partial charge is 1.00 e. The van der Waals surface area contributed by atoms with Crippen LogP contribution in [0.4, 0.5) is 0 Å². The molecular formula is C24H44Cl2N4O6. The van der Waals surface area contributed by atoms with Gasteiger partial charge in [-0.1, -0.05) is 13.8 Å². The molecule has 0 amide bonds. The molecule has 0 aliphatic carbocycles. The molecular weight excluding hydrogens is 511 g/mol. The zero-order valence-electron chi connectivity index (χ0n) is 22.2. The van der Waals surface area contributed by atoms with Crippen molar-refractivity contribution < 1.29 is 36.3 Å². The molecule has 2 heterocycles. The number of likely N-dealkylation sites (N-methyl/N-ethyl adjacent to an activating group) is 2. The van der Waals surface area contributed by atoms with Gasteiger partial charge in [0.25, 0.3) is 5.56 Å². The number of halogens is 2. The van der Waals surface area contributed by atoms with Crippen LogP contribution >= 0.6 is 12.4 Å². The van der Waals surface area contributed by atoms with Gasteiger partial charge in [-0.15, -0.1) is 12.4 Å². The summed E-state index contributed by atoms with van der Waals surface area (Å²) in [5, 5.41) is 9.71. The third kappa shape index (κ3) is 9.15. The van der Waals surface area contributed by atoms with Crippen LogP contribution in [0.1, 0.15) is 58.7 Å². The van der Waals surface area contributed by atoms with Crippen molar-refractivity contribution >= 4 is 18.4 Å². The Labute approximate surface area is 226 Å². The highest BCUT2D eigenvalue weighted by Crippen LogP contribution is 2.30. The van der Waals surface area contributed by atoms with Crippen LogP contribution in [0.3, 0.4) is 0 Å². The Morgan fingerprint density at radius 2 is 1.86 bits per heavy atom. The lowest BCUT2D eigenvalue weighted by molar-refractivity contribution is -0.924. The summed E-state index contributed by atoms with van der Waals surface area (Å²) in [5.74, 6) is -0.327. The molecule has 2 rings (SSSR count). The number of carbonyl (C=O) groups excluding carboxylic acids is 1. The first kappa shape index (κ1) is 34.6. The zero-order valence-corrected chi connectivity index (χ0v) is 23.8. The number of aliphatic hydroxyl groups is 1. The number of nitrogens with zero attached hydrogens (tertiary/aromatic N) is 3. The van der Waals surface area contributed by atoms with Crippen molar-refractivity contribution in [3.8, 4) is 0 Å². The van der Waals surface area contributed by atoms with E-state index in [0.29, 0.717) is 12.0 Å². The molecule has 1 aromatic heterocycles. The highest BCUT2D eigenvalue weighted by molar-refractivity contribution is 5.85. The van der Waals surface area contributed by atoms with Gasteiger partial charge in [0.1, 0.15) is 18.4 Å². The fraction of sp³-hybridized carbons (Fsp3) is 0.792. The zero-order chi connectivity index (χ0) is 25.3. The van der Waals surface area contributed by atoms with Crippen LogP contribution in [0, 0.1) is 6.92 Å². The van der Waals surface area contributed by atoms with Crippen LogP contribution in [0.2, 0.25) is 0 Å². The summed E-state index contributed by atoms with van der Waals surface area (Å²) in [6.07, 6.45) is 0.582. The predicted octanol–water partition coefficient (Wildman–Crippen LogP) is -1.56. The van der Waals surface area contributed by atoms with Crippen molar-refractivity contribution in [2.45, 2.75) is 72.3 Å². The lowest BCUT2D eigenvalue weighted by Gasteiger charge is -2.38. The number of rotatable bonds is 14. The number of H-pyrrole nitrogens is 1. The van der Waals surface area contributed by atoms with Gasteiger partial charge >= 0.3 is 11.7 Å². The Morgan fingerprint density at radius 1 is 1.22 bits per heavy atom. The lowest BCUT2D eigenvalue weighted by atomic mass is 10.1. The summed E-state index contributed by atoms with van der Waals surface area (Å²) in [7, 11) is 0. The number of hydrogen-bond acceptors (Lipinski definition) is 7. The van der Waals surface area contributed by atoms with Crippen molar-refractivity contribution in [1.82, 2.24) is 14.5 Å². The van der Waals surface area contributed by atoms with E-state index in [4.69, 9.17) is 9.47 Å². The number of quaternary nitrogens is 1. The molecule has 3 atom stereocenters. The summed E-state index contributed by atoms with van der Waals surface area (Å²) >= 11 is 0. The minimum absolute atomic E-state index is 0. The average molecular weight is 556 g/mol. The van der Waals surface area contributed by atoms with Crippen LogP contribution in [-0.2, 0) is 14.3 Å². The van der Waals surface area contributed by atoms with Gasteiger partial charge in [0.15, 0.2) is 0 Å². The summed E-state index contributed by atoms with van der Waals surface area (Å²) in [4.78, 5) is 41.1. The number of carbonyl (C=O) groups is 1. The number of aryl methyl sites for hydroxylation is 1. The number of esters is 1. The molecule has 10 nitrogen and oxygen atoms in total. The smallest absolute Gasteiger partial charge is 0.330 e. The molecule has 0 saturated carbocycles. The van der Waals surface area contributed by atoms with Crippen LogP contribution in [0.15, 0.2) is 15.8 Å². The normalized spacial score (nSPS) is 19.6. The first-order valence-electron chi connectivity index (χ1n) is 12.6. The number of aromatic amines is 1. The topological polar surface area (TPSA) is 114 Å². The van der Waals surface area contributed by atoms with Gasteiger partial charge in [0.2, 0.25) is 0 Å². The van der Waals surface area contributed by atoms with Gasteiger partial charge < -0.3 is 31.5 Å². The van der Waals surface area contributed by atoms with Gasteiger partial charge in [-0.05, 0) is 33.9 Å². The lowest BCUT2D eigenvalue weighted by Crippen LogP contribution is -3.00. The van der Waals surface area contributed by atoms with Crippen molar-refractivity contribution in [1.29, 1.82) is 0 Å². The first-order valence-corrected chi connectivity index (χ1v) is 12.6. The molecule has 0 bridgehead atoms. The Balaban J connectivity index is 0.00000612. The van der Waals surface area contributed by atoms with Gasteiger partial charge in [-0.2, -0.15) is 0 Å². The van der Waals surface area contributed by atoms with E-state index >= 15 is 0 Å². The molecule has 0 aromatic carbocycles. The van der Waals surface area contributed by atoms with Crippen LogP contribution < -0.4 is 23.7 Å². The Kier molecular flexibility index (Phi) is 15.8. The molecule has 0 spiro atoms. The molecule has 2 N–H and O–H groups in total. The number of hydrogen-bond donors (Lipinski definition) is 2. The maximum absolute atomic E-state index is 12.6. The Morgan fingerprint density at radius 3 is 2.42 bits per heavy atom. The van der Waals surface area contributed by atoms with Crippen LogP contribution in [-0.4, -0.2) is 94.6 Å². The third-order valence-electron chi connectivity index (χ3n) is 7.24. The molecule has 1 saturated heterocycles. The third-order valence-corrected chi connectivity index (χ3v) is 7.24. The van der Waals surface area contributed by atoms with E-state index in [-0.39, 0.29) is 43.8 Å². The monoisotopic (exact) mass is 554 g/mol. The van der Waals surface area contributed by atoms with E-state index in [1.165, 1.54) is 10.8 Å². The molecule has 0 unspecified atom stereocenters. The summed E-state index contributed by atoms with van der Waals surface area (Å²) < 4.78 is 13.6. The number of aliphatic hydroxyl groups excluding tert-OH is 1. The highest BCUT2D eigenvalue weighted by Gasteiger charge is 2.39. The summed E-state index contributed by atoms with van der Waals surface area (Å²) in [6, 6.07) is 0. The molecule has 36 heavy (non-hydrogen) atoms. The quantitative estimate of drug-likeness (QED) is 0.211. The standard InChI is InChI=1S/C24H42N4O6.2ClH/c1-6-26(7-2)12-14-28(8-3,9-4)13-10-11-22(30)34-19-15-21(33-20(19)17-29)27-16-18(5)23(31)25-24(27)32;;/h16,19-21,29H,6-15,17H2,1-5H3;2*1H/t19-,20+,21+;;/m0../s1. The van der Waals surface area contributed by atoms with Crippen molar-refractivity contribution in [2.24, 2.45) is 0 Å². The summed E-state index contributed by atoms with van der Waals surface area (Å²) in [5.41, 5.74) is -0.674. The van der Waals surface area contributed by atoms with Crippen LogP contribution in [0.5, 0.6) is 0 Å². The second-order valence-corrected chi connectivity index (χ2v) is 9.11. The van der Waals surface area contributed by atoms with E-state index in [9.17, 15) is 19.5 Å². The van der Waals surface area contributed by atoms with Gasteiger partial charge in [-0.3, -0.25) is 24.0 Å². The average Bonchev–Trinajstić information content (AvgIpc) is 3.23. The van der Waals surface area contributed by atoms with E-state index in [1.807, 2.05) is 0 Å². The maximum atomic E-state index is 12.6. The van der Waals surface area contributed by atoms with Gasteiger partial charge in [0.05, 0.1) is 39.2 Å². The highest BCUT2D eigenvalue weighted by atomic mass is 35.5. The minimum Gasteiger partial charge on any atom is -1.00 e. The molecule has 1 aliphatic heterocycles. The summed E-state index contributed by atoms with van der Waals surface area (Å²) in [6.45, 7) is 17.1. The maximum Gasteiger partial charge on any atom is 0.330 e. The number of aromatic nitrogens is 2. The molecule has 1 aliphatic rings. The second-order valence-electron chi connectivity index (χ2n) is 9.11. The minimum atomic E-state index is -0.720. The van der Waals surface area contributed by atoms with E-state index in [1.54, 1.807) is 6.92 Å². The number of ether oxygens (including phenoxy) is 2. The van der Waals surface area contributed by atoms with Crippen LogP contribution in [0.25, 0.3) is 0 Å². The van der Waals surface area contributed by atoms with Crippen molar-refractivity contribution in [3.05, 3.63) is 32.6 Å². The van der Waals surface area contributed by atoms with Crippen molar-refractivity contribution in [2.75, 3.05) is 52.4 Å². The fourth-order valence-corrected chi connectivity index (χ4v) is 4.61. The van der Waals surface area contributed by atoms with Gasteiger partial charge in [-0.25, -0.2) is 4.79 Å². The first-order chi connectivity index (χ1) is 16.2. The van der Waals surface area contributed by atoms with E-state index in [2.05, 4.69) is 37.6 Å². The molecule has 12 heteroatoms. The fourth-order valence-electron chi connectivity index (χ4n) is 4.61. The molecule has 210 valence electrons. The predicted molar refractivity (Wildman–Crippen MR) is 137 cm³/mol. The Hall–Kier alpha value is -1.43.